The second-order valence-corrected chi connectivity index (χ2v) is 8.11. The molecule has 0 aromatic heterocycles. The van der Waals surface area contributed by atoms with Crippen LogP contribution in [0.1, 0.15) is 65.2 Å². The van der Waals surface area contributed by atoms with Gasteiger partial charge in [-0.15, -0.1) is 0 Å². The van der Waals surface area contributed by atoms with Gasteiger partial charge in [0.2, 0.25) is 11.8 Å². The van der Waals surface area contributed by atoms with Crippen molar-refractivity contribution < 1.29 is 9.59 Å². The number of nitrogens with zero attached hydrogens (tertiary/aromatic N) is 3. The van der Waals surface area contributed by atoms with E-state index in [1.54, 1.807) is 0 Å². The Hall–Kier alpha value is -1.10. The fraction of sp³-hybridized carbons (Fsp3) is 0.900. The summed E-state index contributed by atoms with van der Waals surface area (Å²) in [6.07, 6.45) is 8.73. The van der Waals surface area contributed by atoms with Gasteiger partial charge in [-0.2, -0.15) is 0 Å². The number of hydrogen-bond acceptors (Lipinski definition) is 3. The molecular formula is C20H35N3O2. The van der Waals surface area contributed by atoms with E-state index in [4.69, 9.17) is 0 Å². The third-order valence-electron chi connectivity index (χ3n) is 6.58. The number of amides is 2. The summed E-state index contributed by atoms with van der Waals surface area (Å²) in [7, 11) is 0. The first kappa shape index (κ1) is 18.7. The van der Waals surface area contributed by atoms with E-state index in [0.29, 0.717) is 17.9 Å². The van der Waals surface area contributed by atoms with E-state index in [-0.39, 0.29) is 12.0 Å². The molecule has 142 valence electrons. The number of carbonyl (C=O) groups is 2. The van der Waals surface area contributed by atoms with Crippen LogP contribution in [0, 0.1) is 5.92 Å². The zero-order valence-corrected chi connectivity index (χ0v) is 16.1. The Morgan fingerprint density at radius 1 is 0.920 bits per heavy atom. The summed E-state index contributed by atoms with van der Waals surface area (Å²) in [6.45, 7) is 8.82. The lowest BCUT2D eigenvalue weighted by molar-refractivity contribution is -0.141. The minimum absolute atomic E-state index is 0.0463. The Kier molecular flexibility index (Phi) is 6.37. The summed E-state index contributed by atoms with van der Waals surface area (Å²) >= 11 is 0. The lowest BCUT2D eigenvalue weighted by Gasteiger charge is -2.41. The quantitative estimate of drug-likeness (QED) is 0.783. The summed E-state index contributed by atoms with van der Waals surface area (Å²) in [4.78, 5) is 32.1. The average Bonchev–Trinajstić information content (AvgIpc) is 3.21. The molecule has 3 fully saturated rings. The largest absolute Gasteiger partial charge is 0.342 e. The van der Waals surface area contributed by atoms with Gasteiger partial charge in [-0.3, -0.25) is 14.5 Å². The van der Waals surface area contributed by atoms with Crippen molar-refractivity contribution in [2.45, 2.75) is 77.3 Å². The van der Waals surface area contributed by atoms with Crippen LogP contribution in [0.4, 0.5) is 0 Å². The predicted molar refractivity (Wildman–Crippen MR) is 99.2 cm³/mol. The maximum atomic E-state index is 13.0. The highest BCUT2D eigenvalue weighted by molar-refractivity contribution is 5.82. The van der Waals surface area contributed by atoms with Crippen LogP contribution in [-0.4, -0.2) is 71.3 Å². The Labute approximate surface area is 152 Å². The van der Waals surface area contributed by atoms with Gasteiger partial charge in [0, 0.05) is 31.6 Å². The average molecular weight is 350 g/mol. The summed E-state index contributed by atoms with van der Waals surface area (Å²) in [5.41, 5.74) is 0. The first-order valence-electron chi connectivity index (χ1n) is 10.4. The van der Waals surface area contributed by atoms with E-state index >= 15 is 0 Å². The minimum Gasteiger partial charge on any atom is -0.342 e. The van der Waals surface area contributed by atoms with Crippen molar-refractivity contribution >= 4 is 11.8 Å². The molecule has 3 rings (SSSR count). The van der Waals surface area contributed by atoms with Crippen molar-refractivity contribution in [1.29, 1.82) is 0 Å². The molecule has 2 atom stereocenters. The molecule has 2 amide bonds. The standard InChI is InChI=1S/C20H35N3O2/c1-3-18-8-4-5-13-23(18)19(24)16(2)21-14-9-17(10-15-21)20(25)22-11-6-7-12-22/h16-18H,3-15H2,1-2H3. The first-order valence-corrected chi connectivity index (χ1v) is 10.4. The highest BCUT2D eigenvalue weighted by Gasteiger charge is 2.35. The smallest absolute Gasteiger partial charge is 0.239 e. The van der Waals surface area contributed by atoms with Gasteiger partial charge >= 0.3 is 0 Å². The van der Waals surface area contributed by atoms with Crippen LogP contribution in [0.15, 0.2) is 0 Å². The van der Waals surface area contributed by atoms with Gasteiger partial charge in [-0.1, -0.05) is 6.92 Å². The zero-order valence-electron chi connectivity index (χ0n) is 16.1. The molecule has 2 unspecified atom stereocenters. The number of rotatable bonds is 4. The van der Waals surface area contributed by atoms with Crippen molar-refractivity contribution in [3.63, 3.8) is 0 Å². The van der Waals surface area contributed by atoms with Crippen LogP contribution >= 0.6 is 0 Å². The first-order chi connectivity index (χ1) is 12.1. The number of carbonyl (C=O) groups excluding carboxylic acids is 2. The maximum absolute atomic E-state index is 13.0. The summed E-state index contributed by atoms with van der Waals surface area (Å²) < 4.78 is 0. The molecule has 0 saturated carbocycles. The second kappa shape index (κ2) is 8.52. The third kappa shape index (κ3) is 4.18. The molecule has 0 N–H and O–H groups in total. The highest BCUT2D eigenvalue weighted by atomic mass is 16.2. The third-order valence-corrected chi connectivity index (χ3v) is 6.58. The van der Waals surface area contributed by atoms with Crippen LogP contribution in [0.25, 0.3) is 0 Å². The van der Waals surface area contributed by atoms with Crippen molar-refractivity contribution in [3.05, 3.63) is 0 Å². The Morgan fingerprint density at radius 2 is 1.56 bits per heavy atom. The molecule has 0 radical (unpaired) electrons. The predicted octanol–water partition coefficient (Wildman–Crippen LogP) is 2.50. The van der Waals surface area contributed by atoms with Gasteiger partial charge in [-0.25, -0.2) is 0 Å². The fourth-order valence-electron chi connectivity index (χ4n) is 4.84. The summed E-state index contributed by atoms with van der Waals surface area (Å²) in [5.74, 6) is 0.837. The molecule has 5 nitrogen and oxygen atoms in total. The van der Waals surface area contributed by atoms with Gasteiger partial charge in [-0.05, 0) is 71.4 Å². The molecule has 0 spiro atoms. The lowest BCUT2D eigenvalue weighted by atomic mass is 9.93. The minimum atomic E-state index is -0.0463. The molecule has 0 aromatic rings. The molecule has 3 heterocycles. The molecular weight excluding hydrogens is 314 g/mol. The summed E-state index contributed by atoms with van der Waals surface area (Å²) in [5, 5.41) is 0. The van der Waals surface area contributed by atoms with Gasteiger partial charge in [0.25, 0.3) is 0 Å². The van der Waals surface area contributed by atoms with Crippen LogP contribution in [0.5, 0.6) is 0 Å². The maximum Gasteiger partial charge on any atom is 0.239 e. The second-order valence-electron chi connectivity index (χ2n) is 8.11. The monoisotopic (exact) mass is 349 g/mol. The normalized spacial score (nSPS) is 27.5. The molecule has 0 aromatic carbocycles. The van der Waals surface area contributed by atoms with E-state index < -0.39 is 0 Å². The van der Waals surface area contributed by atoms with Crippen molar-refractivity contribution in [2.24, 2.45) is 5.92 Å². The molecule has 3 saturated heterocycles. The van der Waals surface area contributed by atoms with Crippen LogP contribution in [-0.2, 0) is 9.59 Å². The van der Waals surface area contributed by atoms with Gasteiger partial charge < -0.3 is 9.80 Å². The fourth-order valence-corrected chi connectivity index (χ4v) is 4.84. The van der Waals surface area contributed by atoms with Crippen LogP contribution in [0.3, 0.4) is 0 Å². The van der Waals surface area contributed by atoms with E-state index in [1.807, 2.05) is 0 Å². The molecule has 5 heteroatoms. The Bertz CT molecular complexity index is 468. The van der Waals surface area contributed by atoms with Crippen molar-refractivity contribution in [2.75, 3.05) is 32.7 Å². The van der Waals surface area contributed by atoms with Crippen LogP contribution < -0.4 is 0 Å². The number of piperidine rings is 2. The molecule has 0 bridgehead atoms. The van der Waals surface area contributed by atoms with E-state index in [2.05, 4.69) is 28.5 Å². The van der Waals surface area contributed by atoms with Gasteiger partial charge in [0.1, 0.15) is 0 Å². The highest BCUT2D eigenvalue weighted by Crippen LogP contribution is 2.25. The lowest BCUT2D eigenvalue weighted by Crippen LogP contribution is -2.54. The van der Waals surface area contributed by atoms with Gasteiger partial charge in [0.05, 0.1) is 6.04 Å². The molecule has 25 heavy (non-hydrogen) atoms. The Balaban J connectivity index is 1.51. The molecule has 3 aliphatic heterocycles. The molecule has 3 aliphatic rings. The SMILES string of the molecule is CCC1CCCCN1C(=O)C(C)N1CCC(C(=O)N2CCCC2)CC1. The topological polar surface area (TPSA) is 43.9 Å². The number of hydrogen-bond donors (Lipinski definition) is 0. The van der Waals surface area contributed by atoms with Crippen LogP contribution in [0.2, 0.25) is 0 Å². The van der Waals surface area contributed by atoms with Gasteiger partial charge in [0.15, 0.2) is 0 Å². The summed E-state index contributed by atoms with van der Waals surface area (Å²) in [6, 6.07) is 0.382. The van der Waals surface area contributed by atoms with E-state index in [1.165, 1.54) is 6.42 Å². The zero-order chi connectivity index (χ0) is 17.8. The van der Waals surface area contributed by atoms with E-state index in [9.17, 15) is 9.59 Å². The van der Waals surface area contributed by atoms with Crippen molar-refractivity contribution in [1.82, 2.24) is 14.7 Å². The number of likely N-dealkylation sites (tertiary alicyclic amines) is 3. The van der Waals surface area contributed by atoms with Crippen molar-refractivity contribution in [3.8, 4) is 0 Å². The molecule has 0 aliphatic carbocycles. The Morgan fingerprint density at radius 3 is 2.20 bits per heavy atom. The van der Waals surface area contributed by atoms with E-state index in [0.717, 1.165) is 77.7 Å².